The third-order valence-electron chi connectivity index (χ3n) is 1.40. The lowest BCUT2D eigenvalue weighted by Gasteiger charge is -2.03. The van der Waals surface area contributed by atoms with Crippen molar-refractivity contribution in [3.8, 4) is 0 Å². The van der Waals surface area contributed by atoms with Crippen LogP contribution in [0.5, 0.6) is 0 Å². The highest BCUT2D eigenvalue weighted by Gasteiger charge is 2.11. The molecule has 0 atom stereocenters. The number of halogens is 1. The molecule has 0 radical (unpaired) electrons. The van der Waals surface area contributed by atoms with Gasteiger partial charge in [0.1, 0.15) is 0 Å². The van der Waals surface area contributed by atoms with Gasteiger partial charge in [0, 0.05) is 4.90 Å². The number of carboxylic acid groups (broad SMARTS) is 1. The number of hydrogen-bond acceptors (Lipinski definition) is 2. The standard InChI is InChI=1S/C8H7ClO2S/c1-12-7-5(8(10)11)3-2-4-6(7)9/h2-4H,1H3,(H,10,11). The van der Waals surface area contributed by atoms with E-state index in [1.807, 2.05) is 0 Å². The van der Waals surface area contributed by atoms with E-state index in [1.165, 1.54) is 11.8 Å². The summed E-state index contributed by atoms with van der Waals surface area (Å²) in [6, 6.07) is 4.85. The van der Waals surface area contributed by atoms with Crippen LogP contribution in [-0.4, -0.2) is 17.3 Å². The van der Waals surface area contributed by atoms with Crippen LogP contribution in [0, 0.1) is 0 Å². The Morgan fingerprint density at radius 3 is 2.67 bits per heavy atom. The second-order valence-electron chi connectivity index (χ2n) is 2.13. The van der Waals surface area contributed by atoms with Crippen molar-refractivity contribution in [1.29, 1.82) is 0 Å². The van der Waals surface area contributed by atoms with Crippen LogP contribution in [-0.2, 0) is 0 Å². The Labute approximate surface area is 79.5 Å². The molecule has 4 heteroatoms. The van der Waals surface area contributed by atoms with E-state index in [1.54, 1.807) is 24.5 Å². The van der Waals surface area contributed by atoms with Gasteiger partial charge in [0.25, 0.3) is 0 Å². The Hall–Kier alpha value is -0.670. The molecule has 64 valence electrons. The summed E-state index contributed by atoms with van der Waals surface area (Å²) in [5.41, 5.74) is 0.259. The van der Waals surface area contributed by atoms with Crippen LogP contribution in [0.1, 0.15) is 10.4 Å². The minimum Gasteiger partial charge on any atom is -0.478 e. The van der Waals surface area contributed by atoms with Gasteiger partial charge in [0.2, 0.25) is 0 Å². The number of rotatable bonds is 2. The summed E-state index contributed by atoms with van der Waals surface area (Å²) in [7, 11) is 0. The van der Waals surface area contributed by atoms with Crippen LogP contribution < -0.4 is 0 Å². The summed E-state index contributed by atoms with van der Waals surface area (Å²) in [6.07, 6.45) is 1.80. The SMILES string of the molecule is CSc1c(Cl)cccc1C(=O)O. The Morgan fingerprint density at radius 1 is 1.58 bits per heavy atom. The smallest absolute Gasteiger partial charge is 0.336 e. The van der Waals surface area contributed by atoms with Crippen molar-refractivity contribution in [1.82, 2.24) is 0 Å². The van der Waals surface area contributed by atoms with Crippen LogP contribution in [0.2, 0.25) is 5.02 Å². The van der Waals surface area contributed by atoms with Gasteiger partial charge in [-0.2, -0.15) is 0 Å². The zero-order valence-corrected chi connectivity index (χ0v) is 7.95. The van der Waals surface area contributed by atoms with E-state index in [2.05, 4.69) is 0 Å². The Morgan fingerprint density at radius 2 is 2.25 bits per heavy atom. The fourth-order valence-corrected chi connectivity index (χ4v) is 1.93. The first-order valence-corrected chi connectivity index (χ1v) is 4.83. The van der Waals surface area contributed by atoms with Gasteiger partial charge >= 0.3 is 5.97 Å². The minimum absolute atomic E-state index is 0.259. The normalized spacial score (nSPS) is 9.83. The summed E-state index contributed by atoms with van der Waals surface area (Å²) in [5, 5.41) is 9.24. The Kier molecular flexibility index (Phi) is 3.00. The summed E-state index contributed by atoms with van der Waals surface area (Å²) in [6.45, 7) is 0. The molecule has 0 unspecified atom stereocenters. The van der Waals surface area contributed by atoms with E-state index in [9.17, 15) is 4.79 Å². The van der Waals surface area contributed by atoms with Gasteiger partial charge in [0.15, 0.2) is 0 Å². The maximum atomic E-state index is 10.7. The van der Waals surface area contributed by atoms with Crippen molar-refractivity contribution >= 4 is 29.3 Å². The molecule has 0 fully saturated rings. The van der Waals surface area contributed by atoms with Crippen LogP contribution in [0.25, 0.3) is 0 Å². The van der Waals surface area contributed by atoms with E-state index < -0.39 is 5.97 Å². The molecular weight excluding hydrogens is 196 g/mol. The lowest BCUT2D eigenvalue weighted by atomic mass is 10.2. The zero-order chi connectivity index (χ0) is 9.14. The van der Waals surface area contributed by atoms with Gasteiger partial charge in [-0.3, -0.25) is 0 Å². The predicted molar refractivity (Wildman–Crippen MR) is 50.2 cm³/mol. The van der Waals surface area contributed by atoms with Crippen LogP contribution in [0.15, 0.2) is 23.1 Å². The molecule has 0 aliphatic carbocycles. The number of hydrogen-bond donors (Lipinski definition) is 1. The number of benzene rings is 1. The molecule has 2 nitrogen and oxygen atoms in total. The molecule has 0 amide bonds. The summed E-state index contributed by atoms with van der Waals surface area (Å²) >= 11 is 7.13. The Balaban J connectivity index is 3.27. The number of carbonyl (C=O) groups is 1. The van der Waals surface area contributed by atoms with Crippen molar-refractivity contribution in [3.05, 3.63) is 28.8 Å². The van der Waals surface area contributed by atoms with Crippen LogP contribution in [0.4, 0.5) is 0 Å². The molecule has 1 aromatic rings. The third kappa shape index (κ3) is 1.73. The molecule has 0 heterocycles. The van der Waals surface area contributed by atoms with Crippen molar-refractivity contribution in [2.45, 2.75) is 4.90 Å². The molecule has 0 aromatic heterocycles. The van der Waals surface area contributed by atoms with Crippen molar-refractivity contribution < 1.29 is 9.90 Å². The maximum absolute atomic E-state index is 10.7. The second-order valence-corrected chi connectivity index (χ2v) is 3.35. The largest absolute Gasteiger partial charge is 0.478 e. The lowest BCUT2D eigenvalue weighted by molar-refractivity contribution is 0.0693. The van der Waals surface area contributed by atoms with Gasteiger partial charge in [-0.25, -0.2) is 4.79 Å². The summed E-state index contributed by atoms with van der Waals surface area (Å²) in [5.74, 6) is -0.943. The van der Waals surface area contributed by atoms with Gasteiger partial charge in [-0.1, -0.05) is 17.7 Å². The molecular formula is C8H7ClO2S. The number of carboxylic acids is 1. The first kappa shape index (κ1) is 9.42. The molecule has 0 bridgehead atoms. The lowest BCUT2D eigenvalue weighted by Crippen LogP contribution is -1.98. The molecule has 0 aliphatic rings. The predicted octanol–water partition coefficient (Wildman–Crippen LogP) is 2.76. The molecule has 12 heavy (non-hydrogen) atoms. The number of aromatic carboxylic acids is 1. The fourth-order valence-electron chi connectivity index (χ4n) is 0.885. The molecule has 1 rings (SSSR count). The zero-order valence-electron chi connectivity index (χ0n) is 6.37. The van der Waals surface area contributed by atoms with E-state index >= 15 is 0 Å². The highest BCUT2D eigenvalue weighted by molar-refractivity contribution is 7.98. The van der Waals surface area contributed by atoms with E-state index in [0.717, 1.165) is 0 Å². The van der Waals surface area contributed by atoms with Gasteiger partial charge in [0.05, 0.1) is 10.6 Å². The van der Waals surface area contributed by atoms with Gasteiger partial charge in [-0.05, 0) is 18.4 Å². The number of thioether (sulfide) groups is 1. The molecule has 0 saturated carbocycles. The summed E-state index contributed by atoms with van der Waals surface area (Å²) < 4.78 is 0. The monoisotopic (exact) mass is 202 g/mol. The topological polar surface area (TPSA) is 37.3 Å². The van der Waals surface area contributed by atoms with Crippen molar-refractivity contribution in [2.24, 2.45) is 0 Å². The van der Waals surface area contributed by atoms with Crippen LogP contribution in [0.3, 0.4) is 0 Å². The molecule has 0 saturated heterocycles. The molecule has 0 aliphatic heterocycles. The first-order chi connectivity index (χ1) is 5.66. The first-order valence-electron chi connectivity index (χ1n) is 3.22. The average molecular weight is 203 g/mol. The second kappa shape index (κ2) is 3.83. The molecule has 1 N–H and O–H groups in total. The fraction of sp³-hybridized carbons (Fsp3) is 0.125. The minimum atomic E-state index is -0.943. The quantitative estimate of drug-likeness (QED) is 0.750. The molecule has 0 spiro atoms. The van der Waals surface area contributed by atoms with Gasteiger partial charge in [-0.15, -0.1) is 11.8 Å². The third-order valence-corrected chi connectivity index (χ3v) is 2.68. The molecule has 1 aromatic carbocycles. The van der Waals surface area contributed by atoms with Gasteiger partial charge < -0.3 is 5.11 Å². The maximum Gasteiger partial charge on any atom is 0.336 e. The average Bonchev–Trinajstić information content (AvgIpc) is 2.03. The van der Waals surface area contributed by atoms with E-state index in [0.29, 0.717) is 9.92 Å². The highest BCUT2D eigenvalue weighted by Crippen LogP contribution is 2.28. The highest BCUT2D eigenvalue weighted by atomic mass is 35.5. The van der Waals surface area contributed by atoms with Crippen molar-refractivity contribution in [3.63, 3.8) is 0 Å². The van der Waals surface area contributed by atoms with Crippen LogP contribution >= 0.6 is 23.4 Å². The van der Waals surface area contributed by atoms with Crippen molar-refractivity contribution in [2.75, 3.05) is 6.26 Å². The van der Waals surface area contributed by atoms with E-state index in [4.69, 9.17) is 16.7 Å². The van der Waals surface area contributed by atoms with E-state index in [-0.39, 0.29) is 5.56 Å². The summed E-state index contributed by atoms with van der Waals surface area (Å²) in [4.78, 5) is 11.3. The Bertz CT molecular complexity index is 312.